The minimum atomic E-state index is 0.288. The molecule has 0 atom stereocenters. The first-order valence-electron chi connectivity index (χ1n) is 5.15. The van der Waals surface area contributed by atoms with Gasteiger partial charge in [0.15, 0.2) is 0 Å². The highest BCUT2D eigenvalue weighted by atomic mass is 15.1. The Hall–Kier alpha value is -2.11. The number of nitrogens with one attached hydrogen (secondary N) is 2. The highest BCUT2D eigenvalue weighted by Crippen LogP contribution is 2.03. The van der Waals surface area contributed by atoms with E-state index < -0.39 is 0 Å². The predicted molar refractivity (Wildman–Crippen MR) is 61.8 cm³/mol. The van der Waals surface area contributed by atoms with Crippen LogP contribution in [0.25, 0.3) is 0 Å². The molecular formula is C10H14N6. The number of nitrogen functional groups attached to an aromatic ring is 1. The van der Waals surface area contributed by atoms with Gasteiger partial charge < -0.3 is 16.0 Å². The molecule has 0 aliphatic rings. The summed E-state index contributed by atoms with van der Waals surface area (Å²) >= 11 is 0. The number of rotatable bonds is 5. The molecule has 4 N–H and O–H groups in total. The van der Waals surface area contributed by atoms with Crippen molar-refractivity contribution >= 4 is 11.8 Å². The van der Waals surface area contributed by atoms with Crippen molar-refractivity contribution in [2.24, 2.45) is 0 Å². The van der Waals surface area contributed by atoms with Crippen LogP contribution in [0, 0.1) is 0 Å². The topological polar surface area (TPSA) is 92.5 Å². The largest absolute Gasteiger partial charge is 0.370 e. The third-order valence-electron chi connectivity index (χ3n) is 2.13. The standard InChI is InChI=1S/C10H14N6/c11-10-15-5-3-9(16-10)12-4-1-2-8-13-6-7-14-8/h3,5-7H,1-2,4H2,(H,13,14)(H3,11,12,15,16). The van der Waals surface area contributed by atoms with Gasteiger partial charge in [-0.2, -0.15) is 4.98 Å². The normalized spacial score (nSPS) is 10.2. The van der Waals surface area contributed by atoms with Crippen LogP contribution in [0.5, 0.6) is 0 Å². The Kier molecular flexibility index (Phi) is 3.32. The van der Waals surface area contributed by atoms with Gasteiger partial charge in [0.2, 0.25) is 5.95 Å². The van der Waals surface area contributed by atoms with Crippen molar-refractivity contribution < 1.29 is 0 Å². The molecule has 2 heterocycles. The summed E-state index contributed by atoms with van der Waals surface area (Å²) in [6.07, 6.45) is 7.12. The van der Waals surface area contributed by atoms with Crippen molar-refractivity contribution in [2.45, 2.75) is 12.8 Å². The lowest BCUT2D eigenvalue weighted by Crippen LogP contribution is -2.06. The lowest BCUT2D eigenvalue weighted by molar-refractivity contribution is 0.813. The van der Waals surface area contributed by atoms with Crippen LogP contribution in [-0.2, 0) is 6.42 Å². The summed E-state index contributed by atoms with van der Waals surface area (Å²) in [7, 11) is 0. The number of anilines is 2. The number of imidazole rings is 1. The molecule has 2 rings (SSSR count). The number of aryl methyl sites for hydroxylation is 1. The summed E-state index contributed by atoms with van der Waals surface area (Å²) in [6.45, 7) is 0.831. The molecule has 0 aliphatic carbocycles. The van der Waals surface area contributed by atoms with Gasteiger partial charge in [0.1, 0.15) is 11.6 Å². The smallest absolute Gasteiger partial charge is 0.221 e. The van der Waals surface area contributed by atoms with Crippen LogP contribution in [0.15, 0.2) is 24.7 Å². The quantitative estimate of drug-likeness (QED) is 0.646. The number of hydrogen-bond donors (Lipinski definition) is 3. The van der Waals surface area contributed by atoms with Gasteiger partial charge in [0, 0.05) is 31.6 Å². The van der Waals surface area contributed by atoms with Gasteiger partial charge in [-0.25, -0.2) is 9.97 Å². The molecule has 0 bridgehead atoms. The highest BCUT2D eigenvalue weighted by molar-refractivity contribution is 5.37. The molecule has 0 fully saturated rings. The van der Waals surface area contributed by atoms with Crippen molar-refractivity contribution in [3.8, 4) is 0 Å². The van der Waals surface area contributed by atoms with Crippen LogP contribution >= 0.6 is 0 Å². The van der Waals surface area contributed by atoms with E-state index in [-0.39, 0.29) is 5.95 Å². The minimum absolute atomic E-state index is 0.288. The van der Waals surface area contributed by atoms with Crippen molar-refractivity contribution in [3.63, 3.8) is 0 Å². The molecule has 0 saturated heterocycles. The molecule has 2 aromatic heterocycles. The zero-order valence-corrected chi connectivity index (χ0v) is 8.85. The average molecular weight is 218 g/mol. The number of aromatic amines is 1. The van der Waals surface area contributed by atoms with E-state index in [0.717, 1.165) is 31.0 Å². The molecule has 84 valence electrons. The van der Waals surface area contributed by atoms with Crippen LogP contribution in [0.2, 0.25) is 0 Å². The minimum Gasteiger partial charge on any atom is -0.370 e. The van der Waals surface area contributed by atoms with Gasteiger partial charge in [-0.15, -0.1) is 0 Å². The van der Waals surface area contributed by atoms with Crippen LogP contribution in [0.4, 0.5) is 11.8 Å². The van der Waals surface area contributed by atoms with Crippen molar-refractivity contribution in [2.75, 3.05) is 17.6 Å². The van der Waals surface area contributed by atoms with Gasteiger partial charge in [-0.05, 0) is 12.5 Å². The van der Waals surface area contributed by atoms with Gasteiger partial charge in [-0.1, -0.05) is 0 Å². The molecule has 0 unspecified atom stereocenters. The van der Waals surface area contributed by atoms with Crippen molar-refractivity contribution in [1.29, 1.82) is 0 Å². The molecule has 0 spiro atoms. The lowest BCUT2D eigenvalue weighted by atomic mass is 10.3. The van der Waals surface area contributed by atoms with Gasteiger partial charge >= 0.3 is 0 Å². The second-order valence-electron chi connectivity index (χ2n) is 3.37. The van der Waals surface area contributed by atoms with Gasteiger partial charge in [0.05, 0.1) is 0 Å². The van der Waals surface area contributed by atoms with Gasteiger partial charge in [-0.3, -0.25) is 0 Å². The molecular weight excluding hydrogens is 204 g/mol. The molecule has 16 heavy (non-hydrogen) atoms. The average Bonchev–Trinajstić information content (AvgIpc) is 2.77. The van der Waals surface area contributed by atoms with E-state index in [0.29, 0.717) is 0 Å². The maximum atomic E-state index is 5.46. The Labute approximate surface area is 93.3 Å². The first kappa shape index (κ1) is 10.4. The first-order valence-corrected chi connectivity index (χ1v) is 5.15. The first-order chi connectivity index (χ1) is 7.84. The predicted octanol–water partition coefficient (Wildman–Crippen LogP) is 0.827. The van der Waals surface area contributed by atoms with E-state index in [9.17, 15) is 0 Å². The molecule has 0 aliphatic heterocycles. The summed E-state index contributed by atoms with van der Waals surface area (Å²) in [6, 6.07) is 1.79. The third kappa shape index (κ3) is 2.94. The molecule has 2 aromatic rings. The summed E-state index contributed by atoms with van der Waals surface area (Å²) < 4.78 is 0. The number of H-pyrrole nitrogens is 1. The zero-order chi connectivity index (χ0) is 11.2. The fraction of sp³-hybridized carbons (Fsp3) is 0.300. The summed E-state index contributed by atoms with van der Waals surface area (Å²) in [5.41, 5.74) is 5.46. The van der Waals surface area contributed by atoms with E-state index in [2.05, 4.69) is 25.3 Å². The fourth-order valence-corrected chi connectivity index (χ4v) is 1.38. The number of hydrogen-bond acceptors (Lipinski definition) is 5. The Balaban J connectivity index is 1.72. The monoisotopic (exact) mass is 218 g/mol. The molecule has 0 radical (unpaired) electrons. The SMILES string of the molecule is Nc1nccc(NCCCc2ncc[nH]2)n1. The number of nitrogens with zero attached hydrogens (tertiary/aromatic N) is 3. The Morgan fingerprint density at radius 3 is 3.00 bits per heavy atom. The van der Waals surface area contributed by atoms with E-state index in [1.807, 2.05) is 6.20 Å². The molecule has 0 amide bonds. The summed E-state index contributed by atoms with van der Waals surface area (Å²) in [5, 5.41) is 3.18. The van der Waals surface area contributed by atoms with Crippen LogP contribution in [-0.4, -0.2) is 26.5 Å². The molecule has 0 saturated carbocycles. The second-order valence-corrected chi connectivity index (χ2v) is 3.37. The van der Waals surface area contributed by atoms with E-state index in [1.165, 1.54) is 0 Å². The maximum Gasteiger partial charge on any atom is 0.221 e. The summed E-state index contributed by atoms with van der Waals surface area (Å²) in [5.74, 6) is 2.05. The maximum absolute atomic E-state index is 5.46. The lowest BCUT2D eigenvalue weighted by Gasteiger charge is -2.04. The van der Waals surface area contributed by atoms with Crippen LogP contribution in [0.1, 0.15) is 12.2 Å². The fourth-order valence-electron chi connectivity index (χ4n) is 1.38. The zero-order valence-electron chi connectivity index (χ0n) is 8.85. The van der Waals surface area contributed by atoms with Gasteiger partial charge in [0.25, 0.3) is 0 Å². The van der Waals surface area contributed by atoms with Crippen molar-refractivity contribution in [1.82, 2.24) is 19.9 Å². The van der Waals surface area contributed by atoms with Crippen LogP contribution < -0.4 is 11.1 Å². The Morgan fingerprint density at radius 2 is 2.25 bits per heavy atom. The second kappa shape index (κ2) is 5.11. The number of aromatic nitrogens is 4. The van der Waals surface area contributed by atoms with E-state index in [4.69, 9.17) is 5.73 Å². The molecule has 6 heteroatoms. The van der Waals surface area contributed by atoms with E-state index in [1.54, 1.807) is 18.5 Å². The number of nitrogens with two attached hydrogens (primary N) is 1. The van der Waals surface area contributed by atoms with Crippen molar-refractivity contribution in [3.05, 3.63) is 30.5 Å². The van der Waals surface area contributed by atoms with E-state index >= 15 is 0 Å². The molecule has 0 aromatic carbocycles. The van der Waals surface area contributed by atoms with Crippen LogP contribution in [0.3, 0.4) is 0 Å². The highest BCUT2D eigenvalue weighted by Gasteiger charge is 1.96. The Morgan fingerprint density at radius 1 is 1.31 bits per heavy atom. The molecule has 6 nitrogen and oxygen atoms in total. The summed E-state index contributed by atoms with van der Waals surface area (Å²) in [4.78, 5) is 15.1. The Bertz CT molecular complexity index is 425. The third-order valence-corrected chi connectivity index (χ3v) is 2.13.